The molecule has 4 heteroatoms. The van der Waals surface area contributed by atoms with E-state index in [2.05, 4.69) is 4.98 Å². The Balaban J connectivity index is 1.79. The van der Waals surface area contributed by atoms with E-state index in [4.69, 9.17) is 0 Å². The summed E-state index contributed by atoms with van der Waals surface area (Å²) in [7, 11) is 1.72. The molecule has 1 amide bonds. The van der Waals surface area contributed by atoms with Gasteiger partial charge in [0, 0.05) is 29.7 Å². The van der Waals surface area contributed by atoms with E-state index in [9.17, 15) is 9.18 Å². The minimum atomic E-state index is -0.311. The number of carbonyl (C=O) groups is 1. The standard InChI is InChI=1S/C19H19FN2O/c1-13(15-7-3-5-9-17(15)20)22(2)19(23)11-14-12-21-18-10-6-4-8-16(14)18/h3-10,12-13,21H,11H2,1-2H3. The van der Waals surface area contributed by atoms with Gasteiger partial charge in [-0.15, -0.1) is 0 Å². The summed E-state index contributed by atoms with van der Waals surface area (Å²) in [4.78, 5) is 17.3. The zero-order chi connectivity index (χ0) is 16.4. The summed E-state index contributed by atoms with van der Waals surface area (Å²) in [5.74, 6) is -0.322. The number of hydrogen-bond donors (Lipinski definition) is 1. The van der Waals surface area contributed by atoms with Crippen LogP contribution in [0.5, 0.6) is 0 Å². The van der Waals surface area contributed by atoms with Gasteiger partial charge in [0.15, 0.2) is 0 Å². The Morgan fingerprint density at radius 3 is 2.65 bits per heavy atom. The molecule has 1 unspecified atom stereocenters. The first-order chi connectivity index (χ1) is 11.1. The quantitative estimate of drug-likeness (QED) is 0.775. The van der Waals surface area contributed by atoms with Gasteiger partial charge < -0.3 is 9.88 Å². The van der Waals surface area contributed by atoms with Crippen LogP contribution in [0.1, 0.15) is 24.1 Å². The topological polar surface area (TPSA) is 36.1 Å². The van der Waals surface area contributed by atoms with E-state index in [-0.39, 0.29) is 17.8 Å². The van der Waals surface area contributed by atoms with Crippen molar-refractivity contribution in [2.24, 2.45) is 0 Å². The van der Waals surface area contributed by atoms with Gasteiger partial charge in [-0.3, -0.25) is 4.79 Å². The number of aromatic amines is 1. The number of rotatable bonds is 4. The molecule has 1 atom stereocenters. The van der Waals surface area contributed by atoms with E-state index < -0.39 is 0 Å². The average Bonchev–Trinajstić information content (AvgIpc) is 2.97. The Hall–Kier alpha value is -2.62. The highest BCUT2D eigenvalue weighted by Crippen LogP contribution is 2.24. The summed E-state index contributed by atoms with van der Waals surface area (Å²) < 4.78 is 13.9. The molecule has 2 aromatic carbocycles. The van der Waals surface area contributed by atoms with Crippen LogP contribution in [0.25, 0.3) is 10.9 Å². The molecule has 0 fully saturated rings. The lowest BCUT2D eigenvalue weighted by molar-refractivity contribution is -0.131. The first-order valence-electron chi connectivity index (χ1n) is 7.63. The molecule has 0 bridgehead atoms. The number of likely N-dealkylation sites (N-methyl/N-ethyl adjacent to an activating group) is 1. The normalized spacial score (nSPS) is 12.3. The van der Waals surface area contributed by atoms with Crippen molar-refractivity contribution < 1.29 is 9.18 Å². The highest BCUT2D eigenvalue weighted by molar-refractivity contribution is 5.88. The molecule has 0 aliphatic carbocycles. The third kappa shape index (κ3) is 2.97. The molecule has 0 aliphatic rings. The molecule has 3 aromatic rings. The van der Waals surface area contributed by atoms with Gasteiger partial charge in [0.25, 0.3) is 0 Å². The number of carbonyl (C=O) groups excluding carboxylic acids is 1. The number of hydrogen-bond acceptors (Lipinski definition) is 1. The van der Waals surface area contributed by atoms with Crippen molar-refractivity contribution in [3.63, 3.8) is 0 Å². The second kappa shape index (κ2) is 6.24. The van der Waals surface area contributed by atoms with Gasteiger partial charge in [-0.2, -0.15) is 0 Å². The van der Waals surface area contributed by atoms with Gasteiger partial charge >= 0.3 is 0 Å². The lowest BCUT2D eigenvalue weighted by Gasteiger charge is -2.25. The van der Waals surface area contributed by atoms with E-state index >= 15 is 0 Å². The van der Waals surface area contributed by atoms with Crippen LogP contribution >= 0.6 is 0 Å². The van der Waals surface area contributed by atoms with E-state index in [1.165, 1.54) is 6.07 Å². The summed E-state index contributed by atoms with van der Waals surface area (Å²) in [5.41, 5.74) is 2.50. The maximum Gasteiger partial charge on any atom is 0.227 e. The van der Waals surface area contributed by atoms with Crippen LogP contribution in [0.4, 0.5) is 4.39 Å². The van der Waals surface area contributed by atoms with Crippen LogP contribution < -0.4 is 0 Å². The second-order valence-corrected chi connectivity index (χ2v) is 5.74. The molecule has 118 valence electrons. The maximum absolute atomic E-state index is 13.9. The second-order valence-electron chi connectivity index (χ2n) is 5.74. The Morgan fingerprint density at radius 2 is 1.87 bits per heavy atom. The molecule has 1 N–H and O–H groups in total. The van der Waals surface area contributed by atoms with E-state index in [0.29, 0.717) is 12.0 Å². The van der Waals surface area contributed by atoms with Gasteiger partial charge in [-0.25, -0.2) is 4.39 Å². The molecule has 0 spiro atoms. The first-order valence-corrected chi connectivity index (χ1v) is 7.63. The van der Waals surface area contributed by atoms with E-state index in [0.717, 1.165) is 16.5 Å². The molecular formula is C19H19FN2O. The van der Waals surface area contributed by atoms with Crippen molar-refractivity contribution in [3.8, 4) is 0 Å². The zero-order valence-electron chi connectivity index (χ0n) is 13.2. The lowest BCUT2D eigenvalue weighted by atomic mass is 10.1. The first kappa shape index (κ1) is 15.3. The predicted molar refractivity (Wildman–Crippen MR) is 89.6 cm³/mol. The number of amides is 1. The minimum absolute atomic E-state index is 0.0366. The van der Waals surface area contributed by atoms with Crippen molar-refractivity contribution in [3.05, 3.63) is 71.7 Å². The minimum Gasteiger partial charge on any atom is -0.361 e. The van der Waals surface area contributed by atoms with Crippen LogP contribution in [0.15, 0.2) is 54.7 Å². The number of halogens is 1. The SMILES string of the molecule is CC(c1ccccc1F)N(C)C(=O)Cc1c[nH]c2ccccc12. The molecule has 1 heterocycles. The van der Waals surface area contributed by atoms with Gasteiger partial charge in [-0.05, 0) is 24.6 Å². The number of benzene rings is 2. The van der Waals surface area contributed by atoms with Crippen LogP contribution in [0.2, 0.25) is 0 Å². The van der Waals surface area contributed by atoms with Gasteiger partial charge in [0.05, 0.1) is 12.5 Å². The lowest BCUT2D eigenvalue weighted by Crippen LogP contribution is -2.31. The molecule has 23 heavy (non-hydrogen) atoms. The van der Waals surface area contributed by atoms with Crippen molar-refractivity contribution in [2.45, 2.75) is 19.4 Å². The average molecular weight is 310 g/mol. The van der Waals surface area contributed by atoms with Crippen LogP contribution in [0, 0.1) is 5.82 Å². The van der Waals surface area contributed by atoms with Crippen LogP contribution in [-0.2, 0) is 11.2 Å². The molecule has 3 nitrogen and oxygen atoms in total. The fourth-order valence-corrected chi connectivity index (χ4v) is 2.80. The monoisotopic (exact) mass is 310 g/mol. The number of nitrogens with one attached hydrogen (secondary N) is 1. The highest BCUT2D eigenvalue weighted by atomic mass is 19.1. The van der Waals surface area contributed by atoms with Crippen molar-refractivity contribution >= 4 is 16.8 Å². The molecule has 0 saturated heterocycles. The van der Waals surface area contributed by atoms with E-state index in [1.807, 2.05) is 37.4 Å². The Morgan fingerprint density at radius 1 is 1.17 bits per heavy atom. The molecule has 3 rings (SSSR count). The van der Waals surface area contributed by atoms with Crippen molar-refractivity contribution in [1.82, 2.24) is 9.88 Å². The number of aromatic nitrogens is 1. The van der Waals surface area contributed by atoms with E-state index in [1.54, 1.807) is 30.1 Å². The van der Waals surface area contributed by atoms with Gasteiger partial charge in [-0.1, -0.05) is 36.4 Å². The number of fused-ring (bicyclic) bond motifs is 1. The number of H-pyrrole nitrogens is 1. The van der Waals surface area contributed by atoms with Gasteiger partial charge in [0.2, 0.25) is 5.91 Å². The molecule has 0 radical (unpaired) electrons. The van der Waals surface area contributed by atoms with Crippen LogP contribution in [0.3, 0.4) is 0 Å². The summed E-state index contributed by atoms with van der Waals surface area (Å²) in [6.45, 7) is 1.84. The summed E-state index contributed by atoms with van der Waals surface area (Å²) in [6, 6.07) is 14.1. The molecule has 1 aromatic heterocycles. The fraction of sp³-hybridized carbons (Fsp3) is 0.211. The third-order valence-corrected chi connectivity index (χ3v) is 4.35. The predicted octanol–water partition coefficient (Wildman–Crippen LogP) is 4.07. The maximum atomic E-state index is 13.9. The zero-order valence-corrected chi connectivity index (χ0v) is 13.2. The largest absolute Gasteiger partial charge is 0.361 e. The Bertz CT molecular complexity index is 840. The van der Waals surface area contributed by atoms with Crippen molar-refractivity contribution in [2.75, 3.05) is 7.05 Å². The highest BCUT2D eigenvalue weighted by Gasteiger charge is 2.20. The fourth-order valence-electron chi connectivity index (χ4n) is 2.80. The number of para-hydroxylation sites is 1. The molecular weight excluding hydrogens is 291 g/mol. The Labute approximate surface area is 134 Å². The smallest absolute Gasteiger partial charge is 0.227 e. The summed E-state index contributed by atoms with van der Waals surface area (Å²) in [6.07, 6.45) is 2.16. The summed E-state index contributed by atoms with van der Waals surface area (Å²) in [5, 5.41) is 1.05. The summed E-state index contributed by atoms with van der Waals surface area (Å²) >= 11 is 0. The Kier molecular flexibility index (Phi) is 4.15. The number of nitrogens with zero attached hydrogens (tertiary/aromatic N) is 1. The molecule has 0 aliphatic heterocycles. The molecule has 0 saturated carbocycles. The van der Waals surface area contributed by atoms with Crippen molar-refractivity contribution in [1.29, 1.82) is 0 Å². The van der Waals surface area contributed by atoms with Crippen LogP contribution in [-0.4, -0.2) is 22.8 Å². The third-order valence-electron chi connectivity index (χ3n) is 4.35. The van der Waals surface area contributed by atoms with Gasteiger partial charge in [0.1, 0.15) is 5.82 Å².